The molecule has 0 bridgehead atoms. The van der Waals surface area contributed by atoms with Crippen molar-refractivity contribution in [2.75, 3.05) is 6.54 Å². The number of nitrogens with zero attached hydrogens (tertiary/aromatic N) is 3. The molecule has 2 unspecified atom stereocenters. The van der Waals surface area contributed by atoms with E-state index in [0.29, 0.717) is 11.3 Å². The van der Waals surface area contributed by atoms with Crippen LogP contribution in [-0.4, -0.2) is 32.6 Å². The maximum atomic E-state index is 4.34. The minimum absolute atomic E-state index is 0.633. The van der Waals surface area contributed by atoms with E-state index in [1.54, 1.807) is 6.33 Å². The smallest absolute Gasteiger partial charge is 0.186 e. The van der Waals surface area contributed by atoms with Gasteiger partial charge in [-0.1, -0.05) is 37.9 Å². The van der Waals surface area contributed by atoms with E-state index in [1.807, 2.05) is 23.5 Å². The number of thioether (sulfide) groups is 1. The second-order valence-corrected chi connectivity index (χ2v) is 6.23. The molecule has 0 spiro atoms. The van der Waals surface area contributed by atoms with Gasteiger partial charge in [0.25, 0.3) is 0 Å². The zero-order chi connectivity index (χ0) is 12.8. The Hall–Kier alpha value is -0.550. The van der Waals surface area contributed by atoms with Crippen LogP contribution in [0.4, 0.5) is 0 Å². The molecule has 1 saturated carbocycles. The van der Waals surface area contributed by atoms with Crippen LogP contribution in [0.2, 0.25) is 0 Å². The lowest BCUT2D eigenvalue weighted by Crippen LogP contribution is -2.38. The van der Waals surface area contributed by atoms with Gasteiger partial charge >= 0.3 is 0 Å². The zero-order valence-corrected chi connectivity index (χ0v) is 12.2. The molecular weight excluding hydrogens is 244 g/mol. The monoisotopic (exact) mass is 268 g/mol. The van der Waals surface area contributed by atoms with Crippen molar-refractivity contribution in [3.8, 4) is 0 Å². The molecule has 2 atom stereocenters. The Morgan fingerprint density at radius 1 is 1.39 bits per heavy atom. The first-order valence-corrected chi connectivity index (χ1v) is 7.93. The first-order chi connectivity index (χ1) is 8.81. The van der Waals surface area contributed by atoms with Gasteiger partial charge in [-0.05, 0) is 25.8 Å². The van der Waals surface area contributed by atoms with E-state index in [4.69, 9.17) is 0 Å². The quantitative estimate of drug-likeness (QED) is 0.834. The Morgan fingerprint density at radius 2 is 2.22 bits per heavy atom. The van der Waals surface area contributed by atoms with Crippen molar-refractivity contribution in [2.24, 2.45) is 7.05 Å². The summed E-state index contributed by atoms with van der Waals surface area (Å²) in [4.78, 5) is 4.34. The SMILES string of the molecule is CCCNC1CCCCCC1Sc1ncnn1C. The molecule has 1 aliphatic carbocycles. The Labute approximate surface area is 114 Å². The number of hydrogen-bond donors (Lipinski definition) is 1. The molecule has 18 heavy (non-hydrogen) atoms. The Morgan fingerprint density at radius 3 is 2.94 bits per heavy atom. The largest absolute Gasteiger partial charge is 0.313 e. The van der Waals surface area contributed by atoms with Crippen molar-refractivity contribution in [1.82, 2.24) is 20.1 Å². The summed E-state index contributed by atoms with van der Waals surface area (Å²) in [5.74, 6) is 0. The molecule has 1 aliphatic rings. The van der Waals surface area contributed by atoms with Gasteiger partial charge in [0.15, 0.2) is 5.16 Å². The van der Waals surface area contributed by atoms with E-state index >= 15 is 0 Å². The molecule has 2 rings (SSSR count). The fraction of sp³-hybridized carbons (Fsp3) is 0.846. The van der Waals surface area contributed by atoms with Gasteiger partial charge in [0.2, 0.25) is 0 Å². The Kier molecular flexibility index (Phi) is 5.50. The highest BCUT2D eigenvalue weighted by molar-refractivity contribution is 7.99. The van der Waals surface area contributed by atoms with Crippen LogP contribution in [-0.2, 0) is 7.05 Å². The van der Waals surface area contributed by atoms with E-state index in [0.717, 1.165) is 11.7 Å². The van der Waals surface area contributed by atoms with Crippen LogP contribution in [0.15, 0.2) is 11.5 Å². The molecule has 1 aromatic rings. The molecule has 1 fully saturated rings. The normalized spacial score (nSPS) is 25.0. The van der Waals surface area contributed by atoms with Crippen molar-refractivity contribution < 1.29 is 0 Å². The summed E-state index contributed by atoms with van der Waals surface area (Å²) in [5.41, 5.74) is 0. The average molecular weight is 268 g/mol. The van der Waals surface area contributed by atoms with Crippen molar-refractivity contribution >= 4 is 11.8 Å². The first kappa shape index (κ1) is 13.9. The van der Waals surface area contributed by atoms with Gasteiger partial charge in [0, 0.05) is 18.3 Å². The summed E-state index contributed by atoms with van der Waals surface area (Å²) in [6, 6.07) is 0.633. The Bertz CT molecular complexity index is 353. The van der Waals surface area contributed by atoms with Crippen LogP contribution in [0.1, 0.15) is 45.4 Å². The predicted octanol–water partition coefficient (Wildman–Crippen LogP) is 2.61. The number of hydrogen-bond acceptors (Lipinski definition) is 4. The highest BCUT2D eigenvalue weighted by Gasteiger charge is 2.25. The summed E-state index contributed by atoms with van der Waals surface area (Å²) in [6.45, 7) is 3.36. The van der Waals surface area contributed by atoms with Gasteiger partial charge in [-0.25, -0.2) is 9.67 Å². The molecule has 0 amide bonds. The maximum absolute atomic E-state index is 4.34. The van der Waals surface area contributed by atoms with Gasteiger partial charge in [0.05, 0.1) is 0 Å². The lowest BCUT2D eigenvalue weighted by molar-refractivity contribution is 0.469. The minimum Gasteiger partial charge on any atom is -0.313 e. The number of aromatic nitrogens is 3. The highest BCUT2D eigenvalue weighted by atomic mass is 32.2. The Balaban J connectivity index is 1.98. The van der Waals surface area contributed by atoms with Crippen molar-refractivity contribution in [1.29, 1.82) is 0 Å². The van der Waals surface area contributed by atoms with Crippen LogP contribution >= 0.6 is 11.8 Å². The predicted molar refractivity (Wildman–Crippen MR) is 75.8 cm³/mol. The second kappa shape index (κ2) is 7.14. The van der Waals surface area contributed by atoms with Crippen LogP contribution in [0.3, 0.4) is 0 Å². The minimum atomic E-state index is 0.633. The topological polar surface area (TPSA) is 42.7 Å². The number of rotatable bonds is 5. The molecule has 1 heterocycles. The third-order valence-corrected chi connectivity index (χ3v) is 4.98. The molecule has 0 aromatic carbocycles. The summed E-state index contributed by atoms with van der Waals surface area (Å²) < 4.78 is 1.88. The zero-order valence-electron chi connectivity index (χ0n) is 11.4. The van der Waals surface area contributed by atoms with E-state index < -0.39 is 0 Å². The highest BCUT2D eigenvalue weighted by Crippen LogP contribution is 2.31. The summed E-state index contributed by atoms with van der Waals surface area (Å²) in [5, 5.41) is 9.56. The van der Waals surface area contributed by atoms with Crippen molar-refractivity contribution in [2.45, 2.75) is 61.9 Å². The number of aryl methyl sites for hydroxylation is 1. The fourth-order valence-electron chi connectivity index (χ4n) is 2.51. The van der Waals surface area contributed by atoms with E-state index in [1.165, 1.54) is 38.5 Å². The van der Waals surface area contributed by atoms with Crippen molar-refractivity contribution in [3.05, 3.63) is 6.33 Å². The van der Waals surface area contributed by atoms with E-state index in [2.05, 4.69) is 22.3 Å². The van der Waals surface area contributed by atoms with Gasteiger partial charge < -0.3 is 5.32 Å². The summed E-state index contributed by atoms with van der Waals surface area (Å²) in [6.07, 6.45) is 9.52. The molecule has 4 nitrogen and oxygen atoms in total. The van der Waals surface area contributed by atoms with Crippen molar-refractivity contribution in [3.63, 3.8) is 0 Å². The molecule has 0 saturated heterocycles. The molecule has 102 valence electrons. The van der Waals surface area contributed by atoms with Crippen LogP contribution in [0.25, 0.3) is 0 Å². The second-order valence-electron chi connectivity index (χ2n) is 5.02. The lowest BCUT2D eigenvalue weighted by Gasteiger charge is -2.25. The molecule has 0 radical (unpaired) electrons. The van der Waals surface area contributed by atoms with Crippen LogP contribution in [0, 0.1) is 0 Å². The van der Waals surface area contributed by atoms with Gasteiger partial charge in [-0.15, -0.1) is 0 Å². The molecule has 1 N–H and O–H groups in total. The standard InChI is InChI=1S/C13H24N4S/c1-3-9-14-11-7-5-4-6-8-12(11)18-13-15-10-16-17(13)2/h10-12,14H,3-9H2,1-2H3. The van der Waals surface area contributed by atoms with Crippen LogP contribution in [0.5, 0.6) is 0 Å². The average Bonchev–Trinajstić information content (AvgIpc) is 2.64. The maximum Gasteiger partial charge on any atom is 0.186 e. The molecular formula is C13H24N4S. The fourth-order valence-corrected chi connectivity index (χ4v) is 3.77. The molecule has 0 aliphatic heterocycles. The third-order valence-electron chi connectivity index (χ3n) is 3.54. The molecule has 5 heteroatoms. The third kappa shape index (κ3) is 3.72. The first-order valence-electron chi connectivity index (χ1n) is 7.05. The van der Waals surface area contributed by atoms with E-state index in [-0.39, 0.29) is 0 Å². The van der Waals surface area contributed by atoms with Gasteiger partial charge in [-0.2, -0.15) is 5.10 Å². The van der Waals surface area contributed by atoms with Gasteiger partial charge in [0.1, 0.15) is 6.33 Å². The molecule has 1 aromatic heterocycles. The van der Waals surface area contributed by atoms with Crippen LogP contribution < -0.4 is 5.32 Å². The van der Waals surface area contributed by atoms with Gasteiger partial charge in [-0.3, -0.25) is 0 Å². The number of nitrogens with one attached hydrogen (secondary N) is 1. The van der Waals surface area contributed by atoms with E-state index in [9.17, 15) is 0 Å². The summed E-state index contributed by atoms with van der Waals surface area (Å²) in [7, 11) is 1.97. The lowest BCUT2D eigenvalue weighted by atomic mass is 10.1. The summed E-state index contributed by atoms with van der Waals surface area (Å²) >= 11 is 1.90.